The van der Waals surface area contributed by atoms with Gasteiger partial charge in [0.15, 0.2) is 0 Å². The van der Waals surface area contributed by atoms with Gasteiger partial charge in [0.2, 0.25) is 5.91 Å². The summed E-state index contributed by atoms with van der Waals surface area (Å²) in [5.74, 6) is -0.504. The number of benzene rings is 1. The lowest BCUT2D eigenvalue weighted by Crippen LogP contribution is -2.11. The Hall–Kier alpha value is -3.67. The number of amides is 1. The average Bonchev–Trinajstić information content (AvgIpc) is 3.29. The zero-order valence-electron chi connectivity index (χ0n) is 16.1. The van der Waals surface area contributed by atoms with Crippen molar-refractivity contribution >= 4 is 5.91 Å². The van der Waals surface area contributed by atoms with Crippen LogP contribution in [0.3, 0.4) is 0 Å². The van der Waals surface area contributed by atoms with Crippen LogP contribution in [0, 0.1) is 18.3 Å². The summed E-state index contributed by atoms with van der Waals surface area (Å²) in [5, 5.41) is 12.9. The minimum atomic E-state index is -4.42. The Morgan fingerprint density at radius 3 is 2.63 bits per heavy atom. The first-order valence-electron chi connectivity index (χ1n) is 9.09. The molecule has 0 fully saturated rings. The lowest BCUT2D eigenvalue weighted by molar-refractivity contribution is -0.141. The number of carbonyl (C=O) groups excluding carboxylic acids is 1. The second kappa shape index (κ2) is 8.37. The molecular weight excluding hydrogens is 395 g/mol. The van der Waals surface area contributed by atoms with Gasteiger partial charge in [0, 0.05) is 29.6 Å². The molecule has 2 aromatic heterocycles. The number of primary amides is 1. The highest BCUT2D eigenvalue weighted by atomic mass is 19.4. The summed E-state index contributed by atoms with van der Waals surface area (Å²) in [6.45, 7) is 2.65. The number of nitriles is 1. The van der Waals surface area contributed by atoms with E-state index in [2.05, 4.69) is 10.1 Å². The molecule has 2 N–H and O–H groups in total. The number of aromatic nitrogens is 3. The molecule has 0 aliphatic carbocycles. The SMILES string of the molecule is Cc1cc(C#N)cc(C(N)=O)c1.FC(F)(F)c1cc(-c2cc3n(n2)CCC3)ccn1. The van der Waals surface area contributed by atoms with E-state index in [-0.39, 0.29) is 0 Å². The van der Waals surface area contributed by atoms with Gasteiger partial charge in [-0.05, 0) is 61.7 Å². The first-order valence-corrected chi connectivity index (χ1v) is 9.09. The molecule has 0 saturated heterocycles. The molecule has 0 bridgehead atoms. The van der Waals surface area contributed by atoms with Gasteiger partial charge < -0.3 is 5.73 Å². The van der Waals surface area contributed by atoms with Crippen LogP contribution < -0.4 is 5.73 Å². The Morgan fingerprint density at radius 2 is 2.00 bits per heavy atom. The molecule has 1 aliphatic heterocycles. The smallest absolute Gasteiger partial charge is 0.366 e. The summed E-state index contributed by atoms with van der Waals surface area (Å²) in [5.41, 5.74) is 8.00. The molecule has 1 aromatic carbocycles. The Balaban J connectivity index is 0.000000187. The fraction of sp³-hybridized carbons (Fsp3) is 0.238. The summed E-state index contributed by atoms with van der Waals surface area (Å²) in [6, 6.07) is 11.2. The number of nitrogens with two attached hydrogens (primary N) is 1. The van der Waals surface area contributed by atoms with E-state index in [0.717, 1.165) is 36.7 Å². The first-order chi connectivity index (χ1) is 14.2. The Kier molecular flexibility index (Phi) is 5.87. The number of rotatable bonds is 2. The predicted octanol–water partition coefficient (Wildman–Crippen LogP) is 3.88. The molecule has 4 rings (SSSR count). The van der Waals surface area contributed by atoms with E-state index >= 15 is 0 Å². The Morgan fingerprint density at radius 1 is 1.23 bits per heavy atom. The zero-order chi connectivity index (χ0) is 21.9. The minimum Gasteiger partial charge on any atom is -0.366 e. The average molecular weight is 413 g/mol. The van der Waals surface area contributed by atoms with Crippen LogP contribution in [0.2, 0.25) is 0 Å². The molecule has 154 valence electrons. The van der Waals surface area contributed by atoms with Crippen molar-refractivity contribution in [3.63, 3.8) is 0 Å². The molecule has 3 heterocycles. The molecule has 6 nitrogen and oxygen atoms in total. The van der Waals surface area contributed by atoms with Crippen molar-refractivity contribution in [1.82, 2.24) is 14.8 Å². The standard InChI is InChI=1S/C12H10F3N3.C9H8N2O/c13-12(14,15)11-6-8(3-4-16-11)10-7-9-2-1-5-18(9)17-10;1-6-2-7(5-10)4-8(3-6)9(11)12/h3-4,6-7H,1-2,5H2;2-4H,1H3,(H2,11,12). The van der Waals surface area contributed by atoms with Crippen LogP contribution in [0.15, 0.2) is 42.6 Å². The maximum atomic E-state index is 12.6. The molecule has 30 heavy (non-hydrogen) atoms. The second-order valence-electron chi connectivity index (χ2n) is 6.84. The van der Waals surface area contributed by atoms with Gasteiger partial charge in [0.25, 0.3) is 0 Å². The van der Waals surface area contributed by atoms with Gasteiger partial charge in [-0.2, -0.15) is 23.5 Å². The van der Waals surface area contributed by atoms with Crippen molar-refractivity contribution in [2.45, 2.75) is 32.5 Å². The van der Waals surface area contributed by atoms with E-state index in [9.17, 15) is 18.0 Å². The molecule has 1 aliphatic rings. The number of carbonyl (C=O) groups is 1. The number of hydrogen-bond donors (Lipinski definition) is 1. The number of halogens is 3. The van der Waals surface area contributed by atoms with Crippen LogP contribution in [0.1, 0.15) is 39.3 Å². The van der Waals surface area contributed by atoms with E-state index in [4.69, 9.17) is 11.0 Å². The second-order valence-corrected chi connectivity index (χ2v) is 6.84. The molecule has 1 amide bonds. The van der Waals surface area contributed by atoms with Crippen molar-refractivity contribution in [2.24, 2.45) is 5.73 Å². The highest BCUT2D eigenvalue weighted by Crippen LogP contribution is 2.30. The number of fused-ring (bicyclic) bond motifs is 1. The van der Waals surface area contributed by atoms with Crippen LogP contribution in [0.4, 0.5) is 13.2 Å². The summed E-state index contributed by atoms with van der Waals surface area (Å²) in [7, 11) is 0. The molecule has 0 spiro atoms. The van der Waals surface area contributed by atoms with Crippen LogP contribution in [0.25, 0.3) is 11.3 Å². The minimum absolute atomic E-state index is 0.381. The van der Waals surface area contributed by atoms with Crippen LogP contribution in [-0.4, -0.2) is 20.7 Å². The molecule has 9 heteroatoms. The van der Waals surface area contributed by atoms with E-state index in [0.29, 0.717) is 22.4 Å². The largest absolute Gasteiger partial charge is 0.433 e. The number of hydrogen-bond acceptors (Lipinski definition) is 4. The maximum Gasteiger partial charge on any atom is 0.433 e. The van der Waals surface area contributed by atoms with Gasteiger partial charge >= 0.3 is 6.18 Å². The van der Waals surface area contributed by atoms with Crippen LogP contribution >= 0.6 is 0 Å². The normalized spacial score (nSPS) is 12.5. The number of alkyl halides is 3. The zero-order valence-corrected chi connectivity index (χ0v) is 16.1. The lowest BCUT2D eigenvalue weighted by atomic mass is 10.1. The maximum absolute atomic E-state index is 12.6. The van der Waals surface area contributed by atoms with Crippen molar-refractivity contribution < 1.29 is 18.0 Å². The number of pyridine rings is 1. The Bertz CT molecular complexity index is 1110. The van der Waals surface area contributed by atoms with Crippen molar-refractivity contribution in [3.8, 4) is 17.3 Å². The van der Waals surface area contributed by atoms with Gasteiger partial charge in [0.05, 0.1) is 17.3 Å². The number of nitrogens with zero attached hydrogens (tertiary/aromatic N) is 4. The van der Waals surface area contributed by atoms with E-state index in [1.807, 2.05) is 23.7 Å². The van der Waals surface area contributed by atoms with Crippen LogP contribution in [-0.2, 0) is 19.1 Å². The third kappa shape index (κ3) is 4.84. The summed E-state index contributed by atoms with van der Waals surface area (Å²) < 4.78 is 39.5. The van der Waals surface area contributed by atoms with Crippen LogP contribution in [0.5, 0.6) is 0 Å². The van der Waals surface area contributed by atoms with Crippen molar-refractivity contribution in [2.75, 3.05) is 0 Å². The lowest BCUT2D eigenvalue weighted by Gasteiger charge is -2.06. The highest BCUT2D eigenvalue weighted by molar-refractivity contribution is 5.93. The highest BCUT2D eigenvalue weighted by Gasteiger charge is 2.32. The third-order valence-electron chi connectivity index (χ3n) is 4.50. The monoisotopic (exact) mass is 413 g/mol. The van der Waals surface area contributed by atoms with Gasteiger partial charge in [-0.25, -0.2) is 0 Å². The summed E-state index contributed by atoms with van der Waals surface area (Å²) in [6.07, 6.45) is -1.27. The topological polar surface area (TPSA) is 97.6 Å². The molecular formula is C21H18F3N5O. The van der Waals surface area contributed by atoms with Gasteiger partial charge in [0.1, 0.15) is 5.69 Å². The molecule has 0 saturated carbocycles. The molecule has 3 aromatic rings. The molecule has 0 unspecified atom stereocenters. The third-order valence-corrected chi connectivity index (χ3v) is 4.50. The summed E-state index contributed by atoms with van der Waals surface area (Å²) in [4.78, 5) is 14.1. The van der Waals surface area contributed by atoms with E-state index in [1.165, 1.54) is 12.3 Å². The molecule has 0 atom stereocenters. The van der Waals surface area contributed by atoms with Crippen molar-refractivity contribution in [1.29, 1.82) is 5.26 Å². The van der Waals surface area contributed by atoms with Gasteiger partial charge in [-0.15, -0.1) is 0 Å². The summed E-state index contributed by atoms with van der Waals surface area (Å²) >= 11 is 0. The van der Waals surface area contributed by atoms with Crippen molar-refractivity contribution in [3.05, 3.63) is 70.7 Å². The predicted molar refractivity (Wildman–Crippen MR) is 103 cm³/mol. The molecule has 0 radical (unpaired) electrons. The van der Waals surface area contributed by atoms with E-state index < -0.39 is 17.8 Å². The Labute approximate surface area is 170 Å². The number of aryl methyl sites for hydroxylation is 3. The fourth-order valence-corrected chi connectivity index (χ4v) is 3.14. The first kappa shape index (κ1) is 21.0. The van der Waals surface area contributed by atoms with Gasteiger partial charge in [-0.3, -0.25) is 14.5 Å². The van der Waals surface area contributed by atoms with E-state index in [1.54, 1.807) is 18.2 Å². The quantitative estimate of drug-likeness (QED) is 0.689. The van der Waals surface area contributed by atoms with Gasteiger partial charge in [-0.1, -0.05) is 0 Å². The fourth-order valence-electron chi connectivity index (χ4n) is 3.14.